The number of fused-ring (bicyclic) bond motifs is 1. The molecule has 8 heteroatoms. The van der Waals surface area contributed by atoms with E-state index in [0.717, 1.165) is 34.5 Å². The lowest BCUT2D eigenvalue weighted by molar-refractivity contribution is -0.118. The quantitative estimate of drug-likeness (QED) is 0.433. The van der Waals surface area contributed by atoms with Crippen molar-refractivity contribution < 1.29 is 9.21 Å². The largest absolute Gasteiger partial charge is 0.467 e. The zero-order valence-electron chi connectivity index (χ0n) is 16.4. The highest BCUT2D eigenvalue weighted by atomic mass is 32.2. The maximum atomic E-state index is 12.1. The number of nitrogens with one attached hydrogen (secondary N) is 2. The molecule has 7 nitrogen and oxygen atoms in total. The Bertz CT molecular complexity index is 1110. The molecule has 0 saturated heterocycles. The van der Waals surface area contributed by atoms with Gasteiger partial charge in [0.2, 0.25) is 5.91 Å². The van der Waals surface area contributed by atoms with Crippen molar-refractivity contribution in [2.75, 3.05) is 5.75 Å². The monoisotopic (exact) mass is 409 g/mol. The van der Waals surface area contributed by atoms with E-state index in [2.05, 4.69) is 51.0 Å². The standard InChI is InChI=1S/C21H23N5O2S/c1-3-26-19(11-17-14(2)23-18-9-5-4-8-16(17)18)24-25-21(26)29-13-20(27)22-12-15-7-6-10-28-15/h4-10,23H,3,11-13H2,1-2H3,(H,22,27). The molecule has 0 saturated carbocycles. The van der Waals surface area contributed by atoms with Crippen LogP contribution in [-0.4, -0.2) is 31.4 Å². The topological polar surface area (TPSA) is 88.7 Å². The van der Waals surface area contributed by atoms with Gasteiger partial charge in [0.25, 0.3) is 0 Å². The molecule has 4 aromatic rings. The van der Waals surface area contributed by atoms with Gasteiger partial charge in [-0.1, -0.05) is 30.0 Å². The zero-order valence-corrected chi connectivity index (χ0v) is 17.3. The molecular weight excluding hydrogens is 386 g/mol. The third-order valence-corrected chi connectivity index (χ3v) is 5.81. The van der Waals surface area contributed by atoms with Crippen LogP contribution in [0.2, 0.25) is 0 Å². The number of aryl methyl sites for hydroxylation is 1. The van der Waals surface area contributed by atoms with Gasteiger partial charge in [-0.05, 0) is 37.6 Å². The molecule has 4 rings (SSSR count). The van der Waals surface area contributed by atoms with Crippen molar-refractivity contribution in [1.29, 1.82) is 0 Å². The number of para-hydroxylation sites is 1. The van der Waals surface area contributed by atoms with Crippen LogP contribution in [0.15, 0.2) is 52.2 Å². The average Bonchev–Trinajstić information content (AvgIpc) is 3.45. The molecule has 3 aromatic heterocycles. The number of carbonyl (C=O) groups excluding carboxylic acids is 1. The number of hydrogen-bond acceptors (Lipinski definition) is 5. The third-order valence-electron chi connectivity index (χ3n) is 4.84. The Balaban J connectivity index is 1.43. The minimum Gasteiger partial charge on any atom is -0.467 e. The first-order chi connectivity index (χ1) is 14.2. The molecule has 1 aromatic carbocycles. The van der Waals surface area contributed by atoms with Crippen LogP contribution in [0.4, 0.5) is 0 Å². The Hall–Kier alpha value is -3.00. The Morgan fingerprint density at radius 3 is 2.90 bits per heavy atom. The minimum absolute atomic E-state index is 0.0638. The normalized spacial score (nSPS) is 11.2. The Morgan fingerprint density at radius 1 is 1.24 bits per heavy atom. The molecule has 3 heterocycles. The maximum absolute atomic E-state index is 12.1. The fourth-order valence-electron chi connectivity index (χ4n) is 3.37. The number of rotatable bonds is 8. The van der Waals surface area contributed by atoms with Crippen LogP contribution < -0.4 is 5.32 Å². The smallest absolute Gasteiger partial charge is 0.230 e. The number of amides is 1. The van der Waals surface area contributed by atoms with E-state index in [1.165, 1.54) is 22.7 Å². The van der Waals surface area contributed by atoms with Crippen LogP contribution in [0.25, 0.3) is 10.9 Å². The molecule has 0 atom stereocenters. The summed E-state index contributed by atoms with van der Waals surface area (Å²) >= 11 is 1.40. The minimum atomic E-state index is -0.0638. The van der Waals surface area contributed by atoms with Gasteiger partial charge >= 0.3 is 0 Å². The molecule has 0 radical (unpaired) electrons. The van der Waals surface area contributed by atoms with E-state index in [9.17, 15) is 4.79 Å². The number of carbonyl (C=O) groups is 1. The molecule has 0 spiro atoms. The number of thioether (sulfide) groups is 1. The van der Waals surface area contributed by atoms with Gasteiger partial charge in [-0.15, -0.1) is 10.2 Å². The van der Waals surface area contributed by atoms with E-state index in [1.807, 2.05) is 18.2 Å². The molecule has 1 amide bonds. The van der Waals surface area contributed by atoms with Crippen molar-refractivity contribution in [2.45, 2.75) is 38.5 Å². The van der Waals surface area contributed by atoms with Crippen molar-refractivity contribution in [1.82, 2.24) is 25.1 Å². The predicted molar refractivity (Wildman–Crippen MR) is 113 cm³/mol. The van der Waals surface area contributed by atoms with Gasteiger partial charge in [0.1, 0.15) is 11.6 Å². The average molecular weight is 410 g/mol. The summed E-state index contributed by atoms with van der Waals surface area (Å²) in [6, 6.07) is 11.9. The van der Waals surface area contributed by atoms with Gasteiger partial charge < -0.3 is 19.3 Å². The van der Waals surface area contributed by atoms with Crippen molar-refractivity contribution in [3.8, 4) is 0 Å². The number of furan rings is 1. The maximum Gasteiger partial charge on any atom is 0.230 e. The molecular formula is C21H23N5O2S. The highest BCUT2D eigenvalue weighted by Gasteiger charge is 2.16. The molecule has 2 N–H and O–H groups in total. The van der Waals surface area contributed by atoms with E-state index in [4.69, 9.17) is 4.42 Å². The number of H-pyrrole nitrogens is 1. The first-order valence-electron chi connectivity index (χ1n) is 9.55. The lowest BCUT2D eigenvalue weighted by Crippen LogP contribution is -2.24. The fourth-order valence-corrected chi connectivity index (χ4v) is 4.23. The Morgan fingerprint density at radius 2 is 2.10 bits per heavy atom. The van der Waals surface area contributed by atoms with Crippen LogP contribution in [0, 0.1) is 6.92 Å². The van der Waals surface area contributed by atoms with Gasteiger partial charge in [0.05, 0.1) is 18.6 Å². The van der Waals surface area contributed by atoms with Gasteiger partial charge in [0.15, 0.2) is 5.16 Å². The predicted octanol–water partition coefficient (Wildman–Crippen LogP) is 3.68. The summed E-state index contributed by atoms with van der Waals surface area (Å²) in [4.78, 5) is 15.6. The molecule has 0 aliphatic rings. The first kappa shape index (κ1) is 19.3. The van der Waals surface area contributed by atoms with Crippen molar-refractivity contribution in [3.63, 3.8) is 0 Å². The number of aromatic nitrogens is 4. The number of hydrogen-bond donors (Lipinski definition) is 2. The SMILES string of the molecule is CCn1c(Cc2c(C)[nH]c3ccccc23)nnc1SCC(=O)NCc1ccco1. The fraction of sp³-hybridized carbons (Fsp3) is 0.286. The Kier molecular flexibility index (Phi) is 5.71. The summed E-state index contributed by atoms with van der Waals surface area (Å²) in [6.45, 7) is 5.29. The number of benzene rings is 1. The summed E-state index contributed by atoms with van der Waals surface area (Å²) < 4.78 is 7.30. The second kappa shape index (κ2) is 8.57. The summed E-state index contributed by atoms with van der Waals surface area (Å²) in [5.41, 5.74) is 3.50. The molecule has 0 bridgehead atoms. The lowest BCUT2D eigenvalue weighted by atomic mass is 10.1. The number of nitrogens with zero attached hydrogens (tertiary/aromatic N) is 3. The molecule has 150 valence electrons. The van der Waals surface area contributed by atoms with Crippen molar-refractivity contribution in [2.24, 2.45) is 0 Å². The molecule has 29 heavy (non-hydrogen) atoms. The third kappa shape index (κ3) is 4.22. The first-order valence-corrected chi connectivity index (χ1v) is 10.5. The van der Waals surface area contributed by atoms with E-state index < -0.39 is 0 Å². The number of aromatic amines is 1. The summed E-state index contributed by atoms with van der Waals surface area (Å²) in [5.74, 6) is 1.85. The van der Waals surface area contributed by atoms with Crippen molar-refractivity contribution >= 4 is 28.6 Å². The summed E-state index contributed by atoms with van der Waals surface area (Å²) in [7, 11) is 0. The summed E-state index contributed by atoms with van der Waals surface area (Å²) in [5, 5.41) is 13.5. The van der Waals surface area contributed by atoms with Crippen LogP contribution in [0.1, 0.15) is 29.8 Å². The van der Waals surface area contributed by atoms with Gasteiger partial charge in [-0.2, -0.15) is 0 Å². The van der Waals surface area contributed by atoms with Crippen molar-refractivity contribution in [3.05, 3.63) is 65.5 Å². The van der Waals surface area contributed by atoms with E-state index >= 15 is 0 Å². The zero-order chi connectivity index (χ0) is 20.2. The summed E-state index contributed by atoms with van der Waals surface area (Å²) in [6.07, 6.45) is 2.29. The molecule has 0 fully saturated rings. The van der Waals surface area contributed by atoms with E-state index in [-0.39, 0.29) is 11.7 Å². The second-order valence-electron chi connectivity index (χ2n) is 6.74. The lowest BCUT2D eigenvalue weighted by Gasteiger charge is -2.08. The van der Waals surface area contributed by atoms with E-state index in [0.29, 0.717) is 13.0 Å². The van der Waals surface area contributed by atoms with Crippen LogP contribution in [0.5, 0.6) is 0 Å². The van der Waals surface area contributed by atoms with E-state index in [1.54, 1.807) is 12.3 Å². The highest BCUT2D eigenvalue weighted by Crippen LogP contribution is 2.25. The highest BCUT2D eigenvalue weighted by molar-refractivity contribution is 7.99. The van der Waals surface area contributed by atoms with Gasteiger partial charge in [0, 0.05) is 29.6 Å². The van der Waals surface area contributed by atoms with Crippen LogP contribution in [0.3, 0.4) is 0 Å². The Labute approximate surface area is 172 Å². The van der Waals surface area contributed by atoms with Gasteiger partial charge in [-0.25, -0.2) is 0 Å². The van der Waals surface area contributed by atoms with Gasteiger partial charge in [-0.3, -0.25) is 4.79 Å². The molecule has 0 aliphatic heterocycles. The molecule has 0 unspecified atom stereocenters. The molecule has 0 aliphatic carbocycles. The second-order valence-corrected chi connectivity index (χ2v) is 7.68. The van der Waals surface area contributed by atoms with Crippen LogP contribution in [-0.2, 0) is 24.3 Å². The van der Waals surface area contributed by atoms with Crippen LogP contribution >= 0.6 is 11.8 Å².